The number of likely N-dealkylation sites (tertiary alicyclic amines) is 2. The molecule has 1 N–H and O–H groups in total. The molecule has 0 aromatic rings. The van der Waals surface area contributed by atoms with E-state index in [0.29, 0.717) is 19.8 Å². The van der Waals surface area contributed by atoms with E-state index in [9.17, 15) is 0 Å². The maximum Gasteiger partial charge on any atom is 0.193 e. The predicted molar refractivity (Wildman–Crippen MR) is 108 cm³/mol. The van der Waals surface area contributed by atoms with E-state index < -0.39 is 0 Å². The number of guanidine groups is 1. The first-order valence-electron chi connectivity index (χ1n) is 10.7. The zero-order valence-corrected chi connectivity index (χ0v) is 17.0. The van der Waals surface area contributed by atoms with Crippen LogP contribution in [0.1, 0.15) is 45.4 Å². The van der Waals surface area contributed by atoms with Gasteiger partial charge in [0.25, 0.3) is 0 Å². The Hall–Kier alpha value is -0.850. The Labute approximate surface area is 160 Å². The van der Waals surface area contributed by atoms with Crippen LogP contribution in [0, 0.1) is 5.92 Å². The van der Waals surface area contributed by atoms with Gasteiger partial charge in [-0.2, -0.15) is 0 Å². The Bertz CT molecular complexity index is 386. The number of ether oxygens (including phenoxy) is 2. The van der Waals surface area contributed by atoms with Gasteiger partial charge in [0.15, 0.2) is 5.96 Å². The summed E-state index contributed by atoms with van der Waals surface area (Å²) in [6.07, 6.45) is 7.76. The normalized spacial score (nSPS) is 22.2. The van der Waals surface area contributed by atoms with Crippen LogP contribution >= 0.6 is 0 Å². The minimum Gasteiger partial charge on any atom is -0.379 e. The zero-order valence-electron chi connectivity index (χ0n) is 17.0. The second-order valence-corrected chi connectivity index (χ2v) is 7.51. The molecule has 152 valence electrons. The van der Waals surface area contributed by atoms with Crippen LogP contribution in [0.5, 0.6) is 0 Å². The van der Waals surface area contributed by atoms with E-state index in [1.165, 1.54) is 51.7 Å². The number of hydrogen-bond acceptors (Lipinski definition) is 4. The van der Waals surface area contributed by atoms with Crippen molar-refractivity contribution in [3.05, 3.63) is 0 Å². The smallest absolute Gasteiger partial charge is 0.193 e. The molecule has 0 bridgehead atoms. The van der Waals surface area contributed by atoms with Crippen LogP contribution < -0.4 is 5.32 Å². The zero-order chi connectivity index (χ0) is 18.5. The maximum absolute atomic E-state index is 5.63. The first-order chi connectivity index (χ1) is 12.8. The predicted octanol–water partition coefficient (Wildman–Crippen LogP) is 2.20. The van der Waals surface area contributed by atoms with Crippen LogP contribution in [-0.4, -0.2) is 88.5 Å². The van der Waals surface area contributed by atoms with Crippen LogP contribution in [0.25, 0.3) is 0 Å². The molecule has 2 aliphatic rings. The molecular formula is C20H40N4O2. The fourth-order valence-corrected chi connectivity index (χ4v) is 3.82. The second kappa shape index (κ2) is 13.3. The van der Waals surface area contributed by atoms with Gasteiger partial charge in [-0.1, -0.05) is 19.8 Å². The van der Waals surface area contributed by atoms with E-state index in [1.54, 1.807) is 0 Å². The maximum atomic E-state index is 5.63. The highest BCUT2D eigenvalue weighted by Gasteiger charge is 2.26. The van der Waals surface area contributed by atoms with Crippen molar-refractivity contribution in [3.8, 4) is 0 Å². The largest absolute Gasteiger partial charge is 0.379 e. The molecule has 1 atom stereocenters. The lowest BCUT2D eigenvalue weighted by atomic mass is 10.1. The molecule has 1 unspecified atom stereocenters. The Balaban J connectivity index is 1.53. The summed E-state index contributed by atoms with van der Waals surface area (Å²) in [6.45, 7) is 12.0. The standard InChI is InChI=1S/C20H40N4O2/c1-3-4-13-25-15-16-26-14-9-22-20(21-2)24-12-8-19(18-24)17-23-10-6-5-7-11-23/h19H,3-18H2,1-2H3,(H,21,22). The number of nitrogens with zero attached hydrogens (tertiary/aromatic N) is 3. The third kappa shape index (κ3) is 8.23. The monoisotopic (exact) mass is 368 g/mol. The highest BCUT2D eigenvalue weighted by Crippen LogP contribution is 2.19. The highest BCUT2D eigenvalue weighted by molar-refractivity contribution is 5.80. The van der Waals surface area contributed by atoms with Gasteiger partial charge in [-0.15, -0.1) is 0 Å². The number of aliphatic imine (C=N–C) groups is 1. The lowest BCUT2D eigenvalue weighted by Gasteiger charge is -2.29. The van der Waals surface area contributed by atoms with E-state index in [-0.39, 0.29) is 0 Å². The van der Waals surface area contributed by atoms with Gasteiger partial charge in [0.05, 0.1) is 19.8 Å². The molecule has 0 amide bonds. The lowest BCUT2D eigenvalue weighted by molar-refractivity contribution is 0.0486. The molecular weight excluding hydrogens is 328 g/mol. The summed E-state index contributed by atoms with van der Waals surface area (Å²) in [5, 5.41) is 3.44. The van der Waals surface area contributed by atoms with Gasteiger partial charge < -0.3 is 24.6 Å². The lowest BCUT2D eigenvalue weighted by Crippen LogP contribution is -2.42. The molecule has 2 rings (SSSR count). The molecule has 2 heterocycles. The quantitative estimate of drug-likeness (QED) is 0.344. The summed E-state index contributed by atoms with van der Waals surface area (Å²) in [6, 6.07) is 0. The number of nitrogens with one attached hydrogen (secondary N) is 1. The summed E-state index contributed by atoms with van der Waals surface area (Å²) >= 11 is 0. The van der Waals surface area contributed by atoms with Crippen molar-refractivity contribution in [1.82, 2.24) is 15.1 Å². The number of unbranched alkanes of at least 4 members (excludes halogenated alkanes) is 1. The van der Waals surface area contributed by atoms with Gasteiger partial charge >= 0.3 is 0 Å². The minimum atomic E-state index is 0.672. The van der Waals surface area contributed by atoms with Gasteiger partial charge in [0.1, 0.15) is 0 Å². The topological polar surface area (TPSA) is 49.3 Å². The Kier molecular flexibility index (Phi) is 11.0. The third-order valence-corrected chi connectivity index (χ3v) is 5.31. The number of hydrogen-bond donors (Lipinski definition) is 1. The molecule has 0 aromatic carbocycles. The van der Waals surface area contributed by atoms with Crippen molar-refractivity contribution in [2.45, 2.75) is 45.4 Å². The Morgan fingerprint density at radius 3 is 2.54 bits per heavy atom. The van der Waals surface area contributed by atoms with Crippen molar-refractivity contribution in [3.63, 3.8) is 0 Å². The fraction of sp³-hybridized carbons (Fsp3) is 0.950. The average Bonchev–Trinajstić information content (AvgIpc) is 3.12. The van der Waals surface area contributed by atoms with Crippen molar-refractivity contribution >= 4 is 5.96 Å². The van der Waals surface area contributed by atoms with Crippen molar-refractivity contribution in [1.29, 1.82) is 0 Å². The van der Waals surface area contributed by atoms with E-state index in [4.69, 9.17) is 9.47 Å². The highest BCUT2D eigenvalue weighted by atomic mass is 16.5. The second-order valence-electron chi connectivity index (χ2n) is 7.51. The van der Waals surface area contributed by atoms with Gasteiger partial charge in [-0.05, 0) is 44.7 Å². The summed E-state index contributed by atoms with van der Waals surface area (Å²) in [7, 11) is 1.88. The Morgan fingerprint density at radius 1 is 1.04 bits per heavy atom. The van der Waals surface area contributed by atoms with Crippen LogP contribution in [0.3, 0.4) is 0 Å². The van der Waals surface area contributed by atoms with Crippen LogP contribution in [0.4, 0.5) is 0 Å². The molecule has 0 spiro atoms. The molecule has 0 aliphatic carbocycles. The molecule has 6 nitrogen and oxygen atoms in total. The van der Waals surface area contributed by atoms with Crippen LogP contribution in [-0.2, 0) is 9.47 Å². The van der Waals surface area contributed by atoms with E-state index in [2.05, 4.69) is 27.0 Å². The van der Waals surface area contributed by atoms with Gasteiger partial charge in [-0.3, -0.25) is 4.99 Å². The summed E-state index contributed by atoms with van der Waals surface area (Å²) in [5.41, 5.74) is 0. The SMILES string of the molecule is CCCCOCCOCCNC(=NC)N1CCC(CN2CCCCC2)C1. The van der Waals surface area contributed by atoms with E-state index >= 15 is 0 Å². The summed E-state index contributed by atoms with van der Waals surface area (Å²) in [4.78, 5) is 9.52. The number of piperidine rings is 1. The first kappa shape index (κ1) is 21.5. The third-order valence-electron chi connectivity index (χ3n) is 5.31. The first-order valence-corrected chi connectivity index (χ1v) is 10.7. The van der Waals surface area contributed by atoms with Crippen molar-refractivity contribution in [2.24, 2.45) is 10.9 Å². The van der Waals surface area contributed by atoms with Crippen molar-refractivity contribution < 1.29 is 9.47 Å². The molecule has 0 saturated carbocycles. The average molecular weight is 369 g/mol. The number of rotatable bonds is 11. The molecule has 0 radical (unpaired) electrons. The molecule has 6 heteroatoms. The molecule has 2 aliphatic heterocycles. The van der Waals surface area contributed by atoms with Gasteiger partial charge in [0.2, 0.25) is 0 Å². The van der Waals surface area contributed by atoms with Crippen molar-refractivity contribution in [2.75, 3.05) is 72.7 Å². The summed E-state index contributed by atoms with van der Waals surface area (Å²) in [5.74, 6) is 1.80. The Morgan fingerprint density at radius 2 is 1.81 bits per heavy atom. The van der Waals surface area contributed by atoms with Gasteiger partial charge in [-0.25, -0.2) is 0 Å². The fourth-order valence-electron chi connectivity index (χ4n) is 3.82. The molecule has 26 heavy (non-hydrogen) atoms. The summed E-state index contributed by atoms with van der Waals surface area (Å²) < 4.78 is 11.1. The van der Waals surface area contributed by atoms with Crippen LogP contribution in [0.2, 0.25) is 0 Å². The minimum absolute atomic E-state index is 0.672. The molecule has 0 aromatic heterocycles. The van der Waals surface area contributed by atoms with Crippen LogP contribution in [0.15, 0.2) is 4.99 Å². The van der Waals surface area contributed by atoms with E-state index in [0.717, 1.165) is 44.5 Å². The van der Waals surface area contributed by atoms with E-state index in [1.807, 2.05) is 7.05 Å². The van der Waals surface area contributed by atoms with Gasteiger partial charge in [0, 0.05) is 39.8 Å². The molecule has 2 fully saturated rings. The molecule has 2 saturated heterocycles.